The van der Waals surface area contributed by atoms with Crippen LogP contribution < -0.4 is 10.4 Å². The first kappa shape index (κ1) is 51.9. The van der Waals surface area contributed by atoms with E-state index < -0.39 is 0 Å². The minimum Gasteiger partial charge on any atom is -0.289 e. The fourth-order valence-corrected chi connectivity index (χ4v) is 9.66. The number of carbonyl (C=O) groups is 2. The Hall–Kier alpha value is -3.72. The molecule has 0 unspecified atom stereocenters. The van der Waals surface area contributed by atoms with Gasteiger partial charge in [0.05, 0.1) is 21.2 Å². The van der Waals surface area contributed by atoms with Gasteiger partial charge < -0.3 is 0 Å². The first-order valence-electron chi connectivity index (χ1n) is 24.9. The van der Waals surface area contributed by atoms with E-state index in [0.717, 1.165) is 18.8 Å². The average Bonchev–Trinajstić information content (AvgIpc) is 3.28. The highest BCUT2D eigenvalue weighted by atomic mass is 35.5. The van der Waals surface area contributed by atoms with Crippen LogP contribution in [0, 0.1) is 5.92 Å². The molecular weight excluding hydrogens is 812 g/mol. The molecule has 63 heavy (non-hydrogen) atoms. The van der Waals surface area contributed by atoms with Crippen molar-refractivity contribution in [2.45, 2.75) is 182 Å². The Labute approximate surface area is 392 Å². The third-order valence-corrected chi connectivity index (χ3v) is 13.4. The monoisotopic (exact) mass is 889 g/mol. The van der Waals surface area contributed by atoms with Gasteiger partial charge in [-0.3, -0.25) is 9.59 Å². The maximum absolute atomic E-state index is 12.3. The first-order valence-corrected chi connectivity index (χ1v) is 25.6. The van der Waals surface area contributed by atoms with E-state index in [0.29, 0.717) is 11.1 Å². The summed E-state index contributed by atoms with van der Waals surface area (Å²) in [6.45, 7) is 20.7. The van der Waals surface area contributed by atoms with Gasteiger partial charge in [0, 0.05) is 11.1 Å². The SMILES string of the molecule is C=c1c2cccc(CCCCCCCCC)c2c(=C)c2cccc(CCCCCCCCC)c12.CCCCCCCCC(C)C.O=C1c2cccc(Cl)c2C(=O)c2cccc(Cl)c21. The summed E-state index contributed by atoms with van der Waals surface area (Å²) in [4.78, 5) is 24.7. The molecule has 1 aliphatic carbocycles. The van der Waals surface area contributed by atoms with Gasteiger partial charge in [0.2, 0.25) is 0 Å². The van der Waals surface area contributed by atoms with Crippen molar-refractivity contribution in [3.63, 3.8) is 0 Å². The molecule has 0 atom stereocenters. The number of hydrogen-bond acceptors (Lipinski definition) is 2. The number of halogens is 2. The maximum atomic E-state index is 12.3. The molecule has 2 nitrogen and oxygen atoms in total. The van der Waals surface area contributed by atoms with Crippen molar-refractivity contribution in [1.29, 1.82) is 0 Å². The van der Waals surface area contributed by atoms with Gasteiger partial charge in [0.25, 0.3) is 0 Å². The maximum Gasteiger partial charge on any atom is 0.196 e. The number of ketones is 2. The van der Waals surface area contributed by atoms with Crippen molar-refractivity contribution < 1.29 is 9.59 Å². The average molecular weight is 890 g/mol. The second-order valence-electron chi connectivity index (χ2n) is 18.3. The number of fused-ring (bicyclic) bond motifs is 4. The second kappa shape index (κ2) is 28.2. The molecule has 0 aliphatic heterocycles. The van der Waals surface area contributed by atoms with E-state index in [4.69, 9.17) is 23.2 Å². The van der Waals surface area contributed by atoms with Gasteiger partial charge in [-0.2, -0.15) is 0 Å². The highest BCUT2D eigenvalue weighted by molar-refractivity contribution is 6.42. The summed E-state index contributed by atoms with van der Waals surface area (Å²) in [6.07, 6.45) is 31.3. The smallest absolute Gasteiger partial charge is 0.196 e. The predicted octanol–water partition coefficient (Wildman–Crippen LogP) is 17.6. The molecule has 4 heteroatoms. The van der Waals surface area contributed by atoms with Crippen LogP contribution in [0.1, 0.15) is 212 Å². The lowest BCUT2D eigenvalue weighted by Crippen LogP contribution is -2.21. The topological polar surface area (TPSA) is 34.1 Å². The molecule has 0 radical (unpaired) electrons. The van der Waals surface area contributed by atoms with Gasteiger partial charge in [-0.15, -0.1) is 0 Å². The van der Waals surface area contributed by atoms with Gasteiger partial charge >= 0.3 is 0 Å². The fourth-order valence-electron chi connectivity index (χ4n) is 9.14. The lowest BCUT2D eigenvalue weighted by Gasteiger charge is -2.18. The largest absolute Gasteiger partial charge is 0.289 e. The van der Waals surface area contributed by atoms with E-state index >= 15 is 0 Å². The van der Waals surface area contributed by atoms with Crippen LogP contribution >= 0.6 is 23.2 Å². The number of carbonyl (C=O) groups excluding carboxylic acids is 2. The number of benzene rings is 5. The molecule has 5 aromatic carbocycles. The van der Waals surface area contributed by atoms with Crippen molar-refractivity contribution >= 4 is 69.5 Å². The van der Waals surface area contributed by atoms with E-state index in [2.05, 4.69) is 84.2 Å². The zero-order valence-corrected chi connectivity index (χ0v) is 41.3. The molecule has 0 bridgehead atoms. The highest BCUT2D eigenvalue weighted by Gasteiger charge is 2.32. The third-order valence-electron chi connectivity index (χ3n) is 12.8. The van der Waals surface area contributed by atoms with Crippen LogP contribution in [-0.2, 0) is 12.8 Å². The molecule has 0 N–H and O–H groups in total. The Morgan fingerprint density at radius 3 is 1.14 bits per heavy atom. The van der Waals surface area contributed by atoms with Crippen LogP contribution in [0.2, 0.25) is 10.0 Å². The van der Waals surface area contributed by atoms with Crippen LogP contribution in [0.3, 0.4) is 0 Å². The van der Waals surface area contributed by atoms with Crippen molar-refractivity contribution in [2.24, 2.45) is 5.92 Å². The minimum atomic E-state index is -0.257. The van der Waals surface area contributed by atoms with Gasteiger partial charge in [0.15, 0.2) is 11.6 Å². The molecule has 340 valence electrons. The Morgan fingerprint density at radius 1 is 0.444 bits per heavy atom. The summed E-state index contributed by atoms with van der Waals surface area (Å²) in [6, 6.07) is 23.3. The Morgan fingerprint density at radius 2 is 0.778 bits per heavy atom. The molecule has 0 aromatic heterocycles. The number of aryl methyl sites for hydroxylation is 2. The van der Waals surface area contributed by atoms with E-state index in [1.54, 1.807) is 36.4 Å². The number of rotatable bonds is 23. The predicted molar refractivity (Wildman–Crippen MR) is 278 cm³/mol. The van der Waals surface area contributed by atoms with Gasteiger partial charge in [-0.1, -0.05) is 254 Å². The fraction of sp³-hybridized carbons (Fsp3) is 0.492. The zero-order valence-electron chi connectivity index (χ0n) is 39.8. The molecule has 0 spiro atoms. The molecule has 0 saturated heterocycles. The molecule has 0 saturated carbocycles. The Balaban J connectivity index is 0.000000248. The van der Waals surface area contributed by atoms with E-state index in [1.165, 1.54) is 178 Å². The zero-order chi connectivity index (χ0) is 45.6. The normalized spacial score (nSPS) is 11.9. The van der Waals surface area contributed by atoms with Crippen LogP contribution in [0.25, 0.3) is 34.7 Å². The van der Waals surface area contributed by atoms with Gasteiger partial charge in [0.1, 0.15) is 0 Å². The summed E-state index contributed by atoms with van der Waals surface area (Å²) in [5, 5.41) is 8.33. The second-order valence-corrected chi connectivity index (χ2v) is 19.1. The minimum absolute atomic E-state index is 0.257. The molecular formula is C59H78Cl2O2. The lowest BCUT2D eigenvalue weighted by molar-refractivity contribution is 0.0979. The summed E-state index contributed by atoms with van der Waals surface area (Å²) >= 11 is 12.0. The van der Waals surface area contributed by atoms with Crippen molar-refractivity contribution in [3.05, 3.63) is 127 Å². The standard InChI is InChI=1S/C34H48.C14H6Cl2O2.C11H24/c1-5-7-9-11-13-15-17-21-29-23-19-25-31-28(4)34-30(22-18-16-14-12-10-8-6-2)24-20-26-32(34)27(3)33(29)31;15-9-5-1-3-7-11(9)14(18)8-4-2-6-10(16)12(8)13(7)17;1-4-5-6-7-8-9-10-11(2)3/h19-20,23-26H,3-18,21-22H2,1-2H3;1-6H;11H,4-10H2,1-3H3. The lowest BCUT2D eigenvalue weighted by atomic mass is 9.84. The summed E-state index contributed by atoms with van der Waals surface area (Å²) in [5.74, 6) is 0.390. The summed E-state index contributed by atoms with van der Waals surface area (Å²) in [5.41, 5.74) is 4.07. The van der Waals surface area contributed by atoms with Crippen molar-refractivity contribution in [3.8, 4) is 0 Å². The van der Waals surface area contributed by atoms with Crippen molar-refractivity contribution in [1.82, 2.24) is 0 Å². The molecule has 0 heterocycles. The van der Waals surface area contributed by atoms with Gasteiger partial charge in [-0.25, -0.2) is 0 Å². The van der Waals surface area contributed by atoms with Crippen molar-refractivity contribution in [2.75, 3.05) is 0 Å². The summed E-state index contributed by atoms with van der Waals surface area (Å²) < 4.78 is 0. The van der Waals surface area contributed by atoms with E-state index in [-0.39, 0.29) is 32.7 Å². The van der Waals surface area contributed by atoms with Crippen LogP contribution in [0.4, 0.5) is 0 Å². The highest BCUT2D eigenvalue weighted by Crippen LogP contribution is 2.35. The summed E-state index contributed by atoms with van der Waals surface area (Å²) in [7, 11) is 0. The van der Waals surface area contributed by atoms with E-state index in [1.807, 2.05) is 0 Å². The van der Waals surface area contributed by atoms with Gasteiger partial charge in [-0.05, 0) is 86.8 Å². The Kier molecular flexibility index (Phi) is 23.3. The molecule has 5 aromatic rings. The van der Waals surface area contributed by atoms with Crippen LogP contribution in [0.5, 0.6) is 0 Å². The molecule has 1 aliphatic rings. The molecule has 0 amide bonds. The van der Waals surface area contributed by atoms with Crippen LogP contribution in [-0.4, -0.2) is 11.6 Å². The Bertz CT molecular complexity index is 2150. The van der Waals surface area contributed by atoms with Crippen LogP contribution in [0.15, 0.2) is 72.8 Å². The quantitative estimate of drug-likeness (QED) is 0.0474. The molecule has 0 fully saturated rings. The number of unbranched alkanes of at least 4 members (excludes halogenated alkanes) is 17. The first-order chi connectivity index (χ1) is 30.6. The molecule has 6 rings (SSSR count). The number of hydrogen-bond donors (Lipinski definition) is 0. The third kappa shape index (κ3) is 15.2. The van der Waals surface area contributed by atoms with E-state index in [9.17, 15) is 9.59 Å².